The van der Waals surface area contributed by atoms with Gasteiger partial charge in [-0.1, -0.05) is 13.8 Å². The minimum absolute atomic E-state index is 0.0654. The van der Waals surface area contributed by atoms with E-state index < -0.39 is 0 Å². The summed E-state index contributed by atoms with van der Waals surface area (Å²) in [5, 5.41) is 9.11. The van der Waals surface area contributed by atoms with Crippen LogP contribution in [0.1, 0.15) is 19.5 Å². The molecule has 1 heterocycles. The second-order valence-electron chi connectivity index (χ2n) is 5.17. The summed E-state index contributed by atoms with van der Waals surface area (Å²) in [6, 6.07) is 0. The van der Waals surface area contributed by atoms with Gasteiger partial charge in [0.25, 0.3) is 0 Å². The van der Waals surface area contributed by atoms with E-state index in [1.54, 1.807) is 12.4 Å². The predicted molar refractivity (Wildman–Crippen MR) is 73.6 cm³/mol. The number of aliphatic hydroxyl groups is 1. The average Bonchev–Trinajstić information content (AvgIpc) is 2.34. The molecule has 5 nitrogen and oxygen atoms in total. The normalized spacial score (nSPS) is 11.3. The van der Waals surface area contributed by atoms with Gasteiger partial charge in [-0.2, -0.15) is 0 Å². The summed E-state index contributed by atoms with van der Waals surface area (Å²) in [6.45, 7) is 7.13. The number of hydrogen-bond donors (Lipinski definition) is 1. The van der Waals surface area contributed by atoms with Crippen LogP contribution in [0.25, 0.3) is 0 Å². The highest BCUT2D eigenvalue weighted by atomic mass is 16.3. The number of aromatic nitrogens is 2. The Kier molecular flexibility index (Phi) is 6.01. The van der Waals surface area contributed by atoms with Crippen molar-refractivity contribution in [3.63, 3.8) is 0 Å². The van der Waals surface area contributed by atoms with E-state index in [1.165, 1.54) is 0 Å². The molecule has 5 heteroatoms. The molecule has 1 aromatic rings. The molecule has 0 fully saturated rings. The summed E-state index contributed by atoms with van der Waals surface area (Å²) in [7, 11) is 4.12. The molecule has 1 aromatic heterocycles. The van der Waals surface area contributed by atoms with Crippen LogP contribution in [0.4, 0.5) is 5.82 Å². The smallest absolute Gasteiger partial charge is 0.147 e. The molecule has 18 heavy (non-hydrogen) atoms. The van der Waals surface area contributed by atoms with Crippen LogP contribution in [0.5, 0.6) is 0 Å². The van der Waals surface area contributed by atoms with Gasteiger partial charge in [-0.3, -0.25) is 4.98 Å². The third-order valence-corrected chi connectivity index (χ3v) is 2.56. The van der Waals surface area contributed by atoms with E-state index >= 15 is 0 Å². The zero-order chi connectivity index (χ0) is 13.5. The lowest BCUT2D eigenvalue weighted by atomic mass is 10.2. The predicted octanol–water partition coefficient (Wildman–Crippen LogP) is 0.993. The van der Waals surface area contributed by atoms with E-state index in [0.717, 1.165) is 25.5 Å². The van der Waals surface area contributed by atoms with Crippen molar-refractivity contribution in [3.05, 3.63) is 18.1 Å². The molecule has 0 bridgehead atoms. The lowest BCUT2D eigenvalue weighted by Gasteiger charge is -2.27. The van der Waals surface area contributed by atoms with Crippen LogP contribution in [0.2, 0.25) is 0 Å². The van der Waals surface area contributed by atoms with Crippen LogP contribution in [-0.4, -0.2) is 53.7 Å². The Morgan fingerprint density at radius 2 is 1.94 bits per heavy atom. The Bertz CT molecular complexity index is 355. The number of hydrogen-bond acceptors (Lipinski definition) is 5. The van der Waals surface area contributed by atoms with Crippen molar-refractivity contribution < 1.29 is 5.11 Å². The first-order valence-electron chi connectivity index (χ1n) is 6.34. The van der Waals surface area contributed by atoms with Gasteiger partial charge in [0, 0.05) is 19.6 Å². The molecule has 0 aliphatic carbocycles. The molecule has 0 saturated carbocycles. The number of rotatable bonds is 7. The summed E-state index contributed by atoms with van der Waals surface area (Å²) in [5.41, 5.74) is 0.617. The molecule has 0 aliphatic rings. The Hall–Kier alpha value is -1.20. The summed E-state index contributed by atoms with van der Waals surface area (Å²) in [5.74, 6) is 1.41. The molecule has 0 amide bonds. The van der Waals surface area contributed by atoms with Gasteiger partial charge in [0.05, 0.1) is 24.7 Å². The lowest BCUT2D eigenvalue weighted by molar-refractivity contribution is 0.276. The van der Waals surface area contributed by atoms with Crippen LogP contribution >= 0.6 is 0 Å². The first-order chi connectivity index (χ1) is 8.52. The highest BCUT2D eigenvalue weighted by molar-refractivity contribution is 5.36. The molecular weight excluding hydrogens is 228 g/mol. The van der Waals surface area contributed by atoms with Crippen LogP contribution < -0.4 is 4.90 Å². The van der Waals surface area contributed by atoms with E-state index in [9.17, 15) is 0 Å². The second kappa shape index (κ2) is 7.28. The second-order valence-corrected chi connectivity index (χ2v) is 5.17. The molecule has 0 aromatic carbocycles. The Balaban J connectivity index is 2.79. The monoisotopic (exact) mass is 252 g/mol. The molecular formula is C13H24N4O. The summed E-state index contributed by atoms with van der Waals surface area (Å²) in [4.78, 5) is 12.9. The van der Waals surface area contributed by atoms with E-state index in [2.05, 4.69) is 47.7 Å². The first-order valence-corrected chi connectivity index (χ1v) is 6.34. The van der Waals surface area contributed by atoms with E-state index in [4.69, 9.17) is 5.11 Å². The molecule has 1 rings (SSSR count). The maximum absolute atomic E-state index is 9.11. The minimum atomic E-state index is -0.0654. The van der Waals surface area contributed by atoms with Gasteiger partial charge < -0.3 is 14.9 Å². The maximum atomic E-state index is 9.11. The van der Waals surface area contributed by atoms with Gasteiger partial charge in [0.2, 0.25) is 0 Å². The third kappa shape index (κ3) is 4.98. The number of aliphatic hydroxyl groups excluding tert-OH is 1. The lowest BCUT2D eigenvalue weighted by Crippen LogP contribution is -2.35. The molecule has 0 spiro atoms. The van der Waals surface area contributed by atoms with Crippen molar-refractivity contribution in [1.29, 1.82) is 0 Å². The van der Waals surface area contributed by atoms with Crippen LogP contribution in [0.3, 0.4) is 0 Å². The highest BCUT2D eigenvalue weighted by Crippen LogP contribution is 2.12. The standard InChI is InChI=1S/C13H24N4O/c1-11(2)9-17(6-5-16(3)4)13-8-14-7-12(10-18)15-13/h7-8,11,18H,5-6,9-10H2,1-4H3. The van der Waals surface area contributed by atoms with Crippen molar-refractivity contribution in [3.8, 4) is 0 Å². The van der Waals surface area contributed by atoms with Gasteiger partial charge in [-0.15, -0.1) is 0 Å². The van der Waals surface area contributed by atoms with Crippen molar-refractivity contribution in [1.82, 2.24) is 14.9 Å². The average molecular weight is 252 g/mol. The Labute approximate surface area is 109 Å². The fourth-order valence-electron chi connectivity index (χ4n) is 1.68. The third-order valence-electron chi connectivity index (χ3n) is 2.56. The summed E-state index contributed by atoms with van der Waals surface area (Å²) < 4.78 is 0. The van der Waals surface area contributed by atoms with E-state index in [0.29, 0.717) is 11.6 Å². The van der Waals surface area contributed by atoms with Gasteiger partial charge in [0.15, 0.2) is 0 Å². The highest BCUT2D eigenvalue weighted by Gasteiger charge is 2.11. The van der Waals surface area contributed by atoms with Crippen molar-refractivity contribution in [2.24, 2.45) is 5.92 Å². The van der Waals surface area contributed by atoms with Crippen molar-refractivity contribution in [2.75, 3.05) is 38.6 Å². The fourth-order valence-corrected chi connectivity index (χ4v) is 1.68. The first kappa shape index (κ1) is 14.9. The molecule has 0 atom stereocenters. The van der Waals surface area contributed by atoms with E-state index in [1.807, 2.05) is 0 Å². The molecule has 0 radical (unpaired) electrons. The van der Waals surface area contributed by atoms with Gasteiger partial charge in [-0.05, 0) is 20.0 Å². The van der Waals surface area contributed by atoms with Crippen LogP contribution in [0, 0.1) is 5.92 Å². The van der Waals surface area contributed by atoms with Gasteiger partial charge >= 0.3 is 0 Å². The van der Waals surface area contributed by atoms with Crippen molar-refractivity contribution >= 4 is 5.82 Å². The molecule has 0 saturated heterocycles. The minimum Gasteiger partial charge on any atom is -0.390 e. The zero-order valence-electron chi connectivity index (χ0n) is 11.8. The maximum Gasteiger partial charge on any atom is 0.147 e. The SMILES string of the molecule is CC(C)CN(CCN(C)C)c1cncc(CO)n1. The zero-order valence-corrected chi connectivity index (χ0v) is 11.8. The topological polar surface area (TPSA) is 52.5 Å². The summed E-state index contributed by atoms with van der Waals surface area (Å²) in [6.07, 6.45) is 3.36. The molecule has 0 unspecified atom stereocenters. The van der Waals surface area contributed by atoms with Crippen LogP contribution in [-0.2, 0) is 6.61 Å². The number of likely N-dealkylation sites (N-methyl/N-ethyl adjacent to an activating group) is 1. The quantitative estimate of drug-likeness (QED) is 0.784. The molecule has 1 N–H and O–H groups in total. The van der Waals surface area contributed by atoms with Crippen molar-refractivity contribution in [2.45, 2.75) is 20.5 Å². The molecule has 0 aliphatic heterocycles. The van der Waals surface area contributed by atoms with Gasteiger partial charge in [0.1, 0.15) is 5.82 Å². The Morgan fingerprint density at radius 3 is 2.50 bits per heavy atom. The number of anilines is 1. The van der Waals surface area contributed by atoms with E-state index in [-0.39, 0.29) is 6.61 Å². The number of nitrogens with zero attached hydrogens (tertiary/aromatic N) is 4. The van der Waals surface area contributed by atoms with Gasteiger partial charge in [-0.25, -0.2) is 4.98 Å². The fraction of sp³-hybridized carbons (Fsp3) is 0.692. The summed E-state index contributed by atoms with van der Waals surface area (Å²) >= 11 is 0. The largest absolute Gasteiger partial charge is 0.390 e. The Morgan fingerprint density at radius 1 is 1.22 bits per heavy atom. The van der Waals surface area contributed by atoms with Crippen LogP contribution in [0.15, 0.2) is 12.4 Å². The molecule has 102 valence electrons.